The summed E-state index contributed by atoms with van der Waals surface area (Å²) < 4.78 is 0. The maximum atomic E-state index is 12.6. The molecule has 1 aromatic heterocycles. The lowest BCUT2D eigenvalue weighted by molar-refractivity contribution is -0.132. The second kappa shape index (κ2) is 5.16. The highest BCUT2D eigenvalue weighted by atomic mass is 16.2. The molecule has 2 aromatic rings. The summed E-state index contributed by atoms with van der Waals surface area (Å²) in [6.07, 6.45) is 3.49. The molecule has 110 valence electrons. The van der Waals surface area contributed by atoms with Gasteiger partial charge in [-0.15, -0.1) is 0 Å². The zero-order valence-electron chi connectivity index (χ0n) is 11.9. The lowest BCUT2D eigenvalue weighted by Gasteiger charge is -2.34. The molecule has 0 radical (unpaired) electrons. The summed E-state index contributed by atoms with van der Waals surface area (Å²) in [6.45, 7) is 2.68. The Balaban J connectivity index is 1.48. The quantitative estimate of drug-likeness (QED) is 0.772. The largest absolute Gasteiger partial charge is 0.361 e. The van der Waals surface area contributed by atoms with Crippen molar-refractivity contribution in [1.82, 2.24) is 20.7 Å². The van der Waals surface area contributed by atoms with E-state index in [0.29, 0.717) is 18.4 Å². The van der Waals surface area contributed by atoms with E-state index in [1.165, 1.54) is 0 Å². The van der Waals surface area contributed by atoms with Crippen LogP contribution < -0.4 is 10.9 Å². The summed E-state index contributed by atoms with van der Waals surface area (Å²) in [5, 5.41) is 1.16. The Kier molecular flexibility index (Phi) is 3.16. The number of hydrogen-bond acceptors (Lipinski definition) is 3. The van der Waals surface area contributed by atoms with Gasteiger partial charge in [-0.1, -0.05) is 18.2 Å². The molecular weight excluding hydrogens is 264 g/mol. The van der Waals surface area contributed by atoms with Crippen LogP contribution in [0.3, 0.4) is 0 Å². The Morgan fingerprint density at radius 3 is 3.19 bits per heavy atom. The number of benzene rings is 1. The van der Waals surface area contributed by atoms with E-state index in [0.717, 1.165) is 42.5 Å². The molecule has 0 aliphatic carbocycles. The van der Waals surface area contributed by atoms with Gasteiger partial charge in [-0.25, -0.2) is 0 Å². The summed E-state index contributed by atoms with van der Waals surface area (Å²) in [6, 6.07) is 8.68. The summed E-state index contributed by atoms with van der Waals surface area (Å²) in [7, 11) is 0. The molecule has 2 atom stereocenters. The molecule has 1 amide bonds. The maximum Gasteiger partial charge on any atom is 0.227 e. The summed E-state index contributed by atoms with van der Waals surface area (Å²) in [4.78, 5) is 17.8. The number of carbonyl (C=O) groups is 1. The molecule has 0 spiro atoms. The van der Waals surface area contributed by atoms with Crippen molar-refractivity contribution in [1.29, 1.82) is 0 Å². The number of aromatic nitrogens is 1. The zero-order valence-corrected chi connectivity index (χ0v) is 11.9. The number of aromatic amines is 1. The van der Waals surface area contributed by atoms with Crippen molar-refractivity contribution >= 4 is 16.8 Å². The zero-order chi connectivity index (χ0) is 14.2. The summed E-state index contributed by atoms with van der Waals surface area (Å²) >= 11 is 0. The Morgan fingerprint density at radius 1 is 1.33 bits per heavy atom. The van der Waals surface area contributed by atoms with Crippen molar-refractivity contribution in [2.24, 2.45) is 5.92 Å². The number of likely N-dealkylation sites (tertiary alicyclic amines) is 1. The fourth-order valence-electron chi connectivity index (χ4n) is 3.53. The topological polar surface area (TPSA) is 60.2 Å². The minimum atomic E-state index is 0.241. The molecule has 3 N–H and O–H groups in total. The summed E-state index contributed by atoms with van der Waals surface area (Å²) in [5.74, 6) is 0.788. The van der Waals surface area contributed by atoms with Gasteiger partial charge in [-0.2, -0.15) is 0 Å². The van der Waals surface area contributed by atoms with Gasteiger partial charge in [0.15, 0.2) is 0 Å². The molecule has 4 rings (SSSR count). The van der Waals surface area contributed by atoms with E-state index >= 15 is 0 Å². The Morgan fingerprint density at radius 2 is 2.24 bits per heavy atom. The number of carbonyl (C=O) groups excluding carboxylic acids is 1. The van der Waals surface area contributed by atoms with Crippen molar-refractivity contribution in [3.63, 3.8) is 0 Å². The first-order chi connectivity index (χ1) is 10.3. The van der Waals surface area contributed by atoms with Crippen LogP contribution in [0.5, 0.6) is 0 Å². The molecule has 5 nitrogen and oxygen atoms in total. The van der Waals surface area contributed by atoms with Gasteiger partial charge in [0.2, 0.25) is 5.91 Å². The molecule has 3 heterocycles. The van der Waals surface area contributed by atoms with Crippen LogP contribution in [0, 0.1) is 5.92 Å². The van der Waals surface area contributed by atoms with E-state index in [9.17, 15) is 4.79 Å². The molecular formula is C16H20N4O. The van der Waals surface area contributed by atoms with Crippen LogP contribution in [0.4, 0.5) is 0 Å². The van der Waals surface area contributed by atoms with Crippen LogP contribution in [0.1, 0.15) is 12.0 Å². The third-order valence-corrected chi connectivity index (χ3v) is 4.75. The first-order valence-electron chi connectivity index (χ1n) is 7.62. The van der Waals surface area contributed by atoms with Gasteiger partial charge in [0.25, 0.3) is 0 Å². The number of H-pyrrole nitrogens is 1. The minimum Gasteiger partial charge on any atom is -0.361 e. The molecule has 21 heavy (non-hydrogen) atoms. The number of hydrogen-bond donors (Lipinski definition) is 3. The van der Waals surface area contributed by atoms with Crippen LogP contribution in [-0.4, -0.2) is 41.5 Å². The van der Waals surface area contributed by atoms with Gasteiger partial charge in [0.1, 0.15) is 0 Å². The molecule has 0 bridgehead atoms. The predicted octanol–water partition coefficient (Wildman–Crippen LogP) is 1.04. The Bertz CT molecular complexity index is 665. The predicted molar refractivity (Wildman–Crippen MR) is 81.6 cm³/mol. The highest BCUT2D eigenvalue weighted by Crippen LogP contribution is 2.22. The maximum absolute atomic E-state index is 12.6. The first-order valence-corrected chi connectivity index (χ1v) is 7.62. The molecule has 5 heteroatoms. The summed E-state index contributed by atoms with van der Waals surface area (Å²) in [5.41, 5.74) is 8.69. The van der Waals surface area contributed by atoms with Gasteiger partial charge in [-0.05, 0) is 18.1 Å². The van der Waals surface area contributed by atoms with E-state index in [1.807, 2.05) is 29.3 Å². The number of amides is 1. The van der Waals surface area contributed by atoms with Gasteiger partial charge in [0, 0.05) is 48.7 Å². The van der Waals surface area contributed by atoms with Crippen LogP contribution in [0.15, 0.2) is 30.5 Å². The Labute approximate surface area is 123 Å². The average molecular weight is 284 g/mol. The van der Waals surface area contributed by atoms with Gasteiger partial charge < -0.3 is 9.88 Å². The van der Waals surface area contributed by atoms with Crippen molar-refractivity contribution in [3.05, 3.63) is 36.0 Å². The number of nitrogens with zero attached hydrogens (tertiary/aromatic N) is 1. The number of nitrogens with one attached hydrogen (secondary N) is 3. The smallest absolute Gasteiger partial charge is 0.227 e. The van der Waals surface area contributed by atoms with E-state index in [-0.39, 0.29) is 5.91 Å². The molecule has 2 unspecified atom stereocenters. The fraction of sp³-hybridized carbons (Fsp3) is 0.438. The number of hydrazine groups is 1. The molecule has 2 saturated heterocycles. The first kappa shape index (κ1) is 12.9. The second-order valence-electron chi connectivity index (χ2n) is 6.06. The van der Waals surface area contributed by atoms with Crippen LogP contribution in [0.2, 0.25) is 0 Å². The molecule has 2 aliphatic rings. The van der Waals surface area contributed by atoms with Gasteiger partial charge in [-0.3, -0.25) is 15.6 Å². The van der Waals surface area contributed by atoms with Crippen LogP contribution in [-0.2, 0) is 11.2 Å². The molecule has 2 aliphatic heterocycles. The van der Waals surface area contributed by atoms with Crippen molar-refractivity contribution in [2.45, 2.75) is 18.9 Å². The molecule has 2 fully saturated rings. The lowest BCUT2D eigenvalue weighted by Crippen LogP contribution is -2.48. The van der Waals surface area contributed by atoms with E-state index in [2.05, 4.69) is 21.9 Å². The second-order valence-corrected chi connectivity index (χ2v) is 6.06. The number of rotatable bonds is 2. The number of piperidine rings is 1. The highest BCUT2D eigenvalue weighted by Gasteiger charge is 2.34. The minimum absolute atomic E-state index is 0.241. The van der Waals surface area contributed by atoms with E-state index in [4.69, 9.17) is 0 Å². The fourth-order valence-corrected chi connectivity index (χ4v) is 3.53. The number of fused-ring (bicyclic) bond motifs is 2. The molecule has 1 aromatic carbocycles. The normalized spacial score (nSPS) is 25.2. The van der Waals surface area contributed by atoms with E-state index < -0.39 is 0 Å². The van der Waals surface area contributed by atoms with Crippen LogP contribution >= 0.6 is 0 Å². The monoisotopic (exact) mass is 284 g/mol. The van der Waals surface area contributed by atoms with Crippen molar-refractivity contribution < 1.29 is 4.79 Å². The third kappa shape index (κ3) is 2.32. The standard InChI is InChI=1S/C16H20N4O/c21-16(20-6-5-14-12(10-20)9-18-19-14)7-11-8-17-15-4-2-1-3-13(11)15/h1-4,8,12,14,17-19H,5-7,9-10H2. The van der Waals surface area contributed by atoms with Gasteiger partial charge in [0.05, 0.1) is 6.42 Å². The Hall–Kier alpha value is -1.85. The highest BCUT2D eigenvalue weighted by molar-refractivity contribution is 5.88. The van der Waals surface area contributed by atoms with E-state index in [1.54, 1.807) is 0 Å². The lowest BCUT2D eigenvalue weighted by atomic mass is 9.94. The van der Waals surface area contributed by atoms with Crippen LogP contribution in [0.25, 0.3) is 10.9 Å². The molecule has 0 saturated carbocycles. The van der Waals surface area contributed by atoms with Crippen molar-refractivity contribution in [2.75, 3.05) is 19.6 Å². The SMILES string of the molecule is O=C(Cc1c[nH]c2ccccc12)N1CCC2NNCC2C1. The third-order valence-electron chi connectivity index (χ3n) is 4.75. The average Bonchev–Trinajstić information content (AvgIpc) is 3.13. The van der Waals surface area contributed by atoms with Gasteiger partial charge >= 0.3 is 0 Å². The number of para-hydroxylation sites is 1. The van der Waals surface area contributed by atoms with Crippen molar-refractivity contribution in [3.8, 4) is 0 Å².